The predicted molar refractivity (Wildman–Crippen MR) is 67.6 cm³/mol. The lowest BCUT2D eigenvalue weighted by Gasteiger charge is -2.08. The standard InChI is InChI=1S/C13H12ClNO2/c1-7-8(2)15-11-5-4-9(13(16)17-3)6-10(11)12(7)14/h4-6H,1-3H3. The Hall–Kier alpha value is -1.61. The third kappa shape index (κ3) is 1.98. The van der Waals surface area contributed by atoms with Gasteiger partial charge in [0.1, 0.15) is 0 Å². The number of carbonyl (C=O) groups is 1. The van der Waals surface area contributed by atoms with Gasteiger partial charge in [-0.2, -0.15) is 0 Å². The molecule has 0 saturated carbocycles. The molecule has 17 heavy (non-hydrogen) atoms. The average Bonchev–Trinajstić information content (AvgIpc) is 2.35. The Kier molecular flexibility index (Phi) is 3.03. The second kappa shape index (κ2) is 4.34. The van der Waals surface area contributed by atoms with Crippen molar-refractivity contribution in [2.45, 2.75) is 13.8 Å². The van der Waals surface area contributed by atoms with Gasteiger partial charge in [0.2, 0.25) is 0 Å². The molecule has 88 valence electrons. The SMILES string of the molecule is COC(=O)c1ccc2nc(C)c(C)c(Cl)c2c1. The number of aryl methyl sites for hydroxylation is 1. The second-order valence-electron chi connectivity index (χ2n) is 3.86. The van der Waals surface area contributed by atoms with E-state index in [1.807, 2.05) is 13.8 Å². The first-order valence-corrected chi connectivity index (χ1v) is 5.57. The van der Waals surface area contributed by atoms with E-state index in [-0.39, 0.29) is 5.97 Å². The highest BCUT2D eigenvalue weighted by atomic mass is 35.5. The van der Waals surface area contributed by atoms with Gasteiger partial charge in [0.25, 0.3) is 0 Å². The predicted octanol–water partition coefficient (Wildman–Crippen LogP) is 3.29. The monoisotopic (exact) mass is 249 g/mol. The zero-order valence-corrected chi connectivity index (χ0v) is 10.6. The Morgan fingerprint density at radius 2 is 2.06 bits per heavy atom. The lowest BCUT2D eigenvalue weighted by atomic mass is 10.1. The number of nitrogens with zero attached hydrogens (tertiary/aromatic N) is 1. The number of fused-ring (bicyclic) bond motifs is 1. The number of rotatable bonds is 1. The molecule has 0 saturated heterocycles. The number of hydrogen-bond donors (Lipinski definition) is 0. The fourth-order valence-corrected chi connectivity index (χ4v) is 1.97. The molecule has 0 unspecified atom stereocenters. The average molecular weight is 250 g/mol. The Balaban J connectivity index is 2.73. The maximum Gasteiger partial charge on any atom is 0.337 e. The fourth-order valence-electron chi connectivity index (χ4n) is 1.68. The number of pyridine rings is 1. The van der Waals surface area contributed by atoms with E-state index in [0.717, 1.165) is 22.2 Å². The summed E-state index contributed by atoms with van der Waals surface area (Å²) < 4.78 is 4.68. The number of halogens is 1. The minimum Gasteiger partial charge on any atom is -0.465 e. The van der Waals surface area contributed by atoms with Gasteiger partial charge in [0.05, 0.1) is 23.2 Å². The number of carbonyl (C=O) groups excluding carboxylic acids is 1. The first-order chi connectivity index (χ1) is 8.04. The van der Waals surface area contributed by atoms with E-state index in [0.29, 0.717) is 10.6 Å². The van der Waals surface area contributed by atoms with Crippen LogP contribution in [0.15, 0.2) is 18.2 Å². The molecule has 3 nitrogen and oxygen atoms in total. The van der Waals surface area contributed by atoms with Crippen LogP contribution in [0.25, 0.3) is 10.9 Å². The molecule has 0 aliphatic rings. The molecule has 0 spiro atoms. The van der Waals surface area contributed by atoms with Gasteiger partial charge in [-0.3, -0.25) is 4.98 Å². The van der Waals surface area contributed by atoms with Gasteiger partial charge < -0.3 is 4.74 Å². The Bertz CT molecular complexity index is 608. The summed E-state index contributed by atoms with van der Waals surface area (Å²) in [7, 11) is 1.35. The number of methoxy groups -OCH3 is 1. The number of benzene rings is 1. The summed E-state index contributed by atoms with van der Waals surface area (Å²) in [4.78, 5) is 15.9. The molecule has 1 aromatic carbocycles. The van der Waals surface area contributed by atoms with E-state index in [4.69, 9.17) is 11.6 Å². The van der Waals surface area contributed by atoms with E-state index >= 15 is 0 Å². The molecular weight excluding hydrogens is 238 g/mol. The molecule has 0 N–H and O–H groups in total. The lowest BCUT2D eigenvalue weighted by molar-refractivity contribution is 0.0601. The maximum absolute atomic E-state index is 11.4. The van der Waals surface area contributed by atoms with Gasteiger partial charge in [-0.05, 0) is 37.6 Å². The number of ether oxygens (including phenoxy) is 1. The van der Waals surface area contributed by atoms with Crippen molar-refractivity contribution in [1.82, 2.24) is 4.98 Å². The van der Waals surface area contributed by atoms with Crippen LogP contribution in [0.5, 0.6) is 0 Å². The molecule has 0 radical (unpaired) electrons. The molecule has 0 fully saturated rings. The van der Waals surface area contributed by atoms with Crippen molar-refractivity contribution in [3.63, 3.8) is 0 Å². The molecule has 0 bridgehead atoms. The first-order valence-electron chi connectivity index (χ1n) is 5.19. The van der Waals surface area contributed by atoms with Crippen molar-refractivity contribution < 1.29 is 9.53 Å². The summed E-state index contributed by atoms with van der Waals surface area (Å²) in [5.74, 6) is -0.374. The van der Waals surface area contributed by atoms with Crippen LogP contribution in [0.3, 0.4) is 0 Å². The van der Waals surface area contributed by atoms with E-state index < -0.39 is 0 Å². The van der Waals surface area contributed by atoms with Crippen LogP contribution in [0, 0.1) is 13.8 Å². The van der Waals surface area contributed by atoms with Crippen LogP contribution < -0.4 is 0 Å². The van der Waals surface area contributed by atoms with E-state index in [9.17, 15) is 4.79 Å². The lowest BCUT2D eigenvalue weighted by Crippen LogP contribution is -2.01. The molecule has 2 rings (SSSR count). The number of aromatic nitrogens is 1. The highest BCUT2D eigenvalue weighted by Gasteiger charge is 2.11. The summed E-state index contributed by atoms with van der Waals surface area (Å²) in [5.41, 5.74) is 3.09. The minimum absolute atomic E-state index is 0.374. The molecule has 0 aliphatic heterocycles. The van der Waals surface area contributed by atoms with Gasteiger partial charge in [0.15, 0.2) is 0 Å². The van der Waals surface area contributed by atoms with Crippen LogP contribution in [-0.2, 0) is 4.74 Å². The van der Waals surface area contributed by atoms with Gasteiger partial charge in [-0.25, -0.2) is 4.79 Å². The van der Waals surface area contributed by atoms with Crippen molar-refractivity contribution in [3.8, 4) is 0 Å². The molecular formula is C13H12ClNO2. The van der Waals surface area contributed by atoms with Crippen LogP contribution >= 0.6 is 11.6 Å². The third-order valence-electron chi connectivity index (χ3n) is 2.81. The van der Waals surface area contributed by atoms with Crippen LogP contribution in [-0.4, -0.2) is 18.1 Å². The molecule has 1 aromatic heterocycles. The van der Waals surface area contributed by atoms with Gasteiger partial charge >= 0.3 is 5.97 Å². The van der Waals surface area contributed by atoms with E-state index in [1.165, 1.54) is 7.11 Å². The Labute approximate surface area is 104 Å². The molecule has 4 heteroatoms. The van der Waals surface area contributed by atoms with Crippen LogP contribution in [0.4, 0.5) is 0 Å². The Morgan fingerprint density at radius 1 is 1.35 bits per heavy atom. The summed E-state index contributed by atoms with van der Waals surface area (Å²) in [5, 5.41) is 1.41. The minimum atomic E-state index is -0.374. The third-order valence-corrected chi connectivity index (χ3v) is 3.30. The smallest absolute Gasteiger partial charge is 0.337 e. The van der Waals surface area contributed by atoms with Crippen LogP contribution in [0.2, 0.25) is 5.02 Å². The number of hydrogen-bond acceptors (Lipinski definition) is 3. The van der Waals surface area contributed by atoms with Gasteiger partial charge in [0, 0.05) is 11.1 Å². The largest absolute Gasteiger partial charge is 0.465 e. The second-order valence-corrected chi connectivity index (χ2v) is 4.24. The molecule has 2 aromatic rings. The number of esters is 1. The van der Waals surface area contributed by atoms with Crippen molar-refractivity contribution >= 4 is 28.5 Å². The summed E-state index contributed by atoms with van der Waals surface area (Å²) >= 11 is 6.26. The van der Waals surface area contributed by atoms with Gasteiger partial charge in [-0.1, -0.05) is 11.6 Å². The van der Waals surface area contributed by atoms with Crippen molar-refractivity contribution in [3.05, 3.63) is 40.0 Å². The quantitative estimate of drug-likeness (QED) is 0.728. The van der Waals surface area contributed by atoms with E-state index in [2.05, 4.69) is 9.72 Å². The maximum atomic E-state index is 11.4. The molecule has 0 atom stereocenters. The fraction of sp³-hybridized carbons (Fsp3) is 0.231. The molecule has 1 heterocycles. The van der Waals surface area contributed by atoms with Crippen LogP contribution in [0.1, 0.15) is 21.6 Å². The summed E-state index contributed by atoms with van der Waals surface area (Å²) in [6.07, 6.45) is 0. The van der Waals surface area contributed by atoms with Crippen molar-refractivity contribution in [1.29, 1.82) is 0 Å². The topological polar surface area (TPSA) is 39.2 Å². The zero-order chi connectivity index (χ0) is 12.6. The summed E-state index contributed by atoms with van der Waals surface area (Å²) in [6, 6.07) is 5.18. The van der Waals surface area contributed by atoms with Gasteiger partial charge in [-0.15, -0.1) is 0 Å². The normalized spacial score (nSPS) is 10.6. The molecule has 0 amide bonds. The zero-order valence-electron chi connectivity index (χ0n) is 9.87. The van der Waals surface area contributed by atoms with Crippen molar-refractivity contribution in [2.24, 2.45) is 0 Å². The highest BCUT2D eigenvalue weighted by Crippen LogP contribution is 2.28. The Morgan fingerprint density at radius 3 is 2.71 bits per heavy atom. The highest BCUT2D eigenvalue weighted by molar-refractivity contribution is 6.36. The summed E-state index contributed by atoms with van der Waals surface area (Å²) in [6.45, 7) is 3.82. The first kappa shape index (κ1) is 11.9. The molecule has 0 aliphatic carbocycles. The van der Waals surface area contributed by atoms with E-state index in [1.54, 1.807) is 18.2 Å². The van der Waals surface area contributed by atoms with Crippen molar-refractivity contribution in [2.75, 3.05) is 7.11 Å².